The fourth-order valence-corrected chi connectivity index (χ4v) is 4.79. The number of anilines is 1. The Morgan fingerprint density at radius 3 is 2.79 bits per heavy atom. The van der Waals surface area contributed by atoms with Crippen LogP contribution in [0.4, 0.5) is 10.5 Å². The summed E-state index contributed by atoms with van der Waals surface area (Å²) in [6.45, 7) is 2.38. The van der Waals surface area contributed by atoms with Crippen molar-refractivity contribution in [2.75, 3.05) is 24.6 Å². The molecule has 0 bridgehead atoms. The molecule has 8 nitrogen and oxygen atoms in total. The van der Waals surface area contributed by atoms with Gasteiger partial charge >= 0.3 is 6.09 Å². The second-order valence-electron chi connectivity index (χ2n) is 7.94. The van der Waals surface area contributed by atoms with Crippen molar-refractivity contribution < 1.29 is 19.4 Å². The fraction of sp³-hybridized carbons (Fsp3) is 0.292. The summed E-state index contributed by atoms with van der Waals surface area (Å²) in [5.74, 6) is -0.266. The molecular formula is C24H24ClN3O5S. The number of nitrogens with zero attached hydrogens (tertiary/aromatic N) is 2. The molecule has 1 saturated heterocycles. The quantitative estimate of drug-likeness (QED) is 0.491. The zero-order valence-corrected chi connectivity index (χ0v) is 20.1. The molecular weight excluding hydrogens is 478 g/mol. The van der Waals surface area contributed by atoms with Crippen molar-refractivity contribution >= 4 is 40.6 Å². The first-order chi connectivity index (χ1) is 16.4. The van der Waals surface area contributed by atoms with Crippen LogP contribution in [0.1, 0.15) is 27.2 Å². The molecule has 1 fully saturated rings. The molecule has 1 aliphatic rings. The Morgan fingerprint density at radius 1 is 1.26 bits per heavy atom. The molecule has 2 aromatic heterocycles. The fourth-order valence-electron chi connectivity index (χ4n) is 3.83. The first-order valence-electron chi connectivity index (χ1n) is 10.8. The summed E-state index contributed by atoms with van der Waals surface area (Å²) < 4.78 is 7.52. The first-order valence-corrected chi connectivity index (χ1v) is 12.0. The number of carbonyl (C=O) groups is 2. The molecule has 0 radical (unpaired) electrons. The third-order valence-electron chi connectivity index (χ3n) is 5.54. The van der Waals surface area contributed by atoms with Gasteiger partial charge in [-0.3, -0.25) is 19.1 Å². The van der Waals surface area contributed by atoms with Gasteiger partial charge in [-0.2, -0.15) is 0 Å². The Kier molecular flexibility index (Phi) is 7.35. The normalized spacial score (nSPS) is 15.4. The van der Waals surface area contributed by atoms with E-state index in [1.807, 2.05) is 19.1 Å². The van der Waals surface area contributed by atoms with E-state index in [9.17, 15) is 14.4 Å². The SMILES string of the molecule is Cc1cc(N2CC(CNC(=O)c3ccc(Cl)s3)OC2=O)ccc1-n1cccc(CCCO)c1=O. The maximum atomic E-state index is 12.9. The third-order valence-corrected chi connectivity index (χ3v) is 6.77. The highest BCUT2D eigenvalue weighted by atomic mass is 35.5. The number of thiophene rings is 1. The van der Waals surface area contributed by atoms with E-state index in [1.54, 1.807) is 41.1 Å². The molecule has 2 N–H and O–H groups in total. The number of hydrogen-bond donors (Lipinski definition) is 2. The number of rotatable bonds is 8. The van der Waals surface area contributed by atoms with Gasteiger partial charge in [0, 0.05) is 24.1 Å². The van der Waals surface area contributed by atoms with Gasteiger partial charge in [0.2, 0.25) is 0 Å². The lowest BCUT2D eigenvalue weighted by atomic mass is 10.1. The van der Waals surface area contributed by atoms with E-state index in [0.717, 1.165) is 5.56 Å². The highest BCUT2D eigenvalue weighted by Gasteiger charge is 2.33. The largest absolute Gasteiger partial charge is 0.442 e. The van der Waals surface area contributed by atoms with Crippen molar-refractivity contribution in [3.63, 3.8) is 0 Å². The molecule has 2 amide bonds. The van der Waals surface area contributed by atoms with E-state index in [1.165, 1.54) is 16.2 Å². The molecule has 1 atom stereocenters. The highest BCUT2D eigenvalue weighted by Crippen LogP contribution is 2.26. The maximum Gasteiger partial charge on any atom is 0.414 e. The van der Waals surface area contributed by atoms with Crippen molar-refractivity contribution in [3.05, 3.63) is 79.4 Å². The van der Waals surface area contributed by atoms with Gasteiger partial charge in [-0.05, 0) is 61.7 Å². The maximum absolute atomic E-state index is 12.9. The third kappa shape index (κ3) is 5.16. The van der Waals surface area contributed by atoms with Gasteiger partial charge in [0.25, 0.3) is 11.5 Å². The van der Waals surface area contributed by atoms with Gasteiger partial charge in [-0.15, -0.1) is 11.3 Å². The number of halogens is 1. The minimum atomic E-state index is -0.492. The van der Waals surface area contributed by atoms with Gasteiger partial charge in [0.1, 0.15) is 6.10 Å². The summed E-state index contributed by atoms with van der Waals surface area (Å²) >= 11 is 7.05. The monoisotopic (exact) mass is 501 g/mol. The van der Waals surface area contributed by atoms with Gasteiger partial charge in [-0.1, -0.05) is 17.7 Å². The summed E-state index contributed by atoms with van der Waals surface area (Å²) in [4.78, 5) is 39.5. The molecule has 1 unspecified atom stereocenters. The molecule has 34 heavy (non-hydrogen) atoms. The standard InChI is InChI=1S/C24H24ClN3O5S/c1-15-12-17(6-7-19(15)27-10-2-4-16(23(27)31)5-3-11-29)28-14-18(33-24(28)32)13-26-22(30)20-8-9-21(25)34-20/h2,4,6-10,12,18,29H,3,5,11,13-14H2,1H3,(H,26,30). The van der Waals surface area contributed by atoms with Crippen LogP contribution in [0.15, 0.2) is 53.5 Å². The molecule has 0 spiro atoms. The van der Waals surface area contributed by atoms with Crippen LogP contribution in [0.2, 0.25) is 4.34 Å². The number of carbonyl (C=O) groups excluding carboxylic acids is 2. The van der Waals surface area contributed by atoms with Crippen molar-refractivity contribution in [3.8, 4) is 5.69 Å². The number of cyclic esters (lactones) is 1. The van der Waals surface area contributed by atoms with Gasteiger partial charge < -0.3 is 15.2 Å². The number of ether oxygens (including phenoxy) is 1. The number of aryl methyl sites for hydroxylation is 2. The predicted octanol–water partition coefficient (Wildman–Crippen LogP) is 3.54. The minimum absolute atomic E-state index is 0.0288. The minimum Gasteiger partial charge on any atom is -0.442 e. The zero-order chi connectivity index (χ0) is 24.2. The van der Waals surface area contributed by atoms with E-state index >= 15 is 0 Å². The molecule has 3 aromatic rings. The average Bonchev–Trinajstić information content (AvgIpc) is 3.42. The van der Waals surface area contributed by atoms with Crippen LogP contribution < -0.4 is 15.8 Å². The van der Waals surface area contributed by atoms with Crippen molar-refractivity contribution in [1.82, 2.24) is 9.88 Å². The number of amides is 2. The lowest BCUT2D eigenvalue weighted by Crippen LogP contribution is -2.34. The lowest BCUT2D eigenvalue weighted by molar-refractivity contribution is 0.0920. The van der Waals surface area contributed by atoms with Crippen LogP contribution in [-0.4, -0.2) is 47.5 Å². The molecule has 0 aliphatic carbocycles. The molecule has 1 aliphatic heterocycles. The second-order valence-corrected chi connectivity index (χ2v) is 9.65. The zero-order valence-electron chi connectivity index (χ0n) is 18.5. The summed E-state index contributed by atoms with van der Waals surface area (Å²) in [5.41, 5.74) is 2.69. The van der Waals surface area contributed by atoms with E-state index in [2.05, 4.69) is 5.32 Å². The summed E-state index contributed by atoms with van der Waals surface area (Å²) in [6, 6.07) is 12.3. The number of aliphatic hydroxyl groups is 1. The molecule has 3 heterocycles. The van der Waals surface area contributed by atoms with E-state index in [0.29, 0.717) is 45.5 Å². The Bertz CT molecular complexity index is 1270. The van der Waals surface area contributed by atoms with E-state index in [4.69, 9.17) is 21.4 Å². The molecule has 10 heteroatoms. The Balaban J connectivity index is 1.45. The van der Waals surface area contributed by atoms with Gasteiger partial charge in [0.05, 0.1) is 28.0 Å². The van der Waals surface area contributed by atoms with E-state index < -0.39 is 12.2 Å². The summed E-state index contributed by atoms with van der Waals surface area (Å²) in [6.07, 6.45) is 1.75. The smallest absolute Gasteiger partial charge is 0.414 e. The van der Waals surface area contributed by atoms with Crippen LogP contribution >= 0.6 is 22.9 Å². The van der Waals surface area contributed by atoms with Gasteiger partial charge in [0.15, 0.2) is 0 Å². The number of benzene rings is 1. The number of hydrogen-bond acceptors (Lipinski definition) is 6. The molecule has 1 aromatic carbocycles. The molecule has 4 rings (SSSR count). The number of pyridine rings is 1. The topological polar surface area (TPSA) is 101 Å². The number of aromatic nitrogens is 1. The van der Waals surface area contributed by atoms with Crippen molar-refractivity contribution in [1.29, 1.82) is 0 Å². The Morgan fingerprint density at radius 2 is 2.09 bits per heavy atom. The summed E-state index contributed by atoms with van der Waals surface area (Å²) in [7, 11) is 0. The van der Waals surface area contributed by atoms with Crippen LogP contribution in [0, 0.1) is 6.92 Å². The van der Waals surface area contributed by atoms with Crippen molar-refractivity contribution in [2.24, 2.45) is 0 Å². The molecule has 178 valence electrons. The number of aliphatic hydroxyl groups excluding tert-OH is 1. The number of nitrogens with one attached hydrogen (secondary N) is 1. The molecule has 0 saturated carbocycles. The first kappa shape index (κ1) is 24.0. The van der Waals surface area contributed by atoms with Crippen LogP contribution in [0.5, 0.6) is 0 Å². The summed E-state index contributed by atoms with van der Waals surface area (Å²) in [5, 5.41) is 11.8. The van der Waals surface area contributed by atoms with Crippen molar-refractivity contribution in [2.45, 2.75) is 25.9 Å². The Labute approximate surface area is 205 Å². The second kappa shape index (κ2) is 10.4. The average molecular weight is 502 g/mol. The Hall–Kier alpha value is -3.14. The van der Waals surface area contributed by atoms with Crippen LogP contribution in [0.25, 0.3) is 5.69 Å². The highest BCUT2D eigenvalue weighted by molar-refractivity contribution is 7.18. The van der Waals surface area contributed by atoms with E-state index in [-0.39, 0.29) is 24.6 Å². The van der Waals surface area contributed by atoms with Gasteiger partial charge in [-0.25, -0.2) is 4.79 Å². The van der Waals surface area contributed by atoms with Crippen LogP contribution in [0.3, 0.4) is 0 Å². The lowest BCUT2D eigenvalue weighted by Gasteiger charge is -2.17. The predicted molar refractivity (Wildman–Crippen MR) is 131 cm³/mol. The van der Waals surface area contributed by atoms with Crippen LogP contribution in [-0.2, 0) is 11.2 Å².